The first-order valence-electron chi connectivity index (χ1n) is 6.38. The van der Waals surface area contributed by atoms with Crippen LogP contribution in [0.3, 0.4) is 0 Å². The molecule has 0 aliphatic carbocycles. The van der Waals surface area contributed by atoms with Crippen molar-refractivity contribution in [2.45, 2.75) is 31.7 Å². The quantitative estimate of drug-likeness (QED) is 0.696. The standard InChI is InChI=1S/C14H18Cl2N2S/c1-4-11(8-19-3)18-13-7-10(16)5-6-12(13)17-14(18)9(2)15/h5-7,9,11H,4,8H2,1-3H3. The molecule has 19 heavy (non-hydrogen) atoms. The van der Waals surface area contributed by atoms with Crippen molar-refractivity contribution in [3.8, 4) is 0 Å². The van der Waals surface area contributed by atoms with Gasteiger partial charge in [0.2, 0.25) is 0 Å². The van der Waals surface area contributed by atoms with Crippen LogP contribution in [0.4, 0.5) is 0 Å². The third-order valence-electron chi connectivity index (χ3n) is 3.23. The summed E-state index contributed by atoms with van der Waals surface area (Å²) in [5.41, 5.74) is 2.04. The Kier molecular flexibility index (Phi) is 5.04. The van der Waals surface area contributed by atoms with Crippen LogP contribution in [0.15, 0.2) is 18.2 Å². The molecule has 0 N–H and O–H groups in total. The van der Waals surface area contributed by atoms with Crippen molar-refractivity contribution in [1.29, 1.82) is 0 Å². The molecular formula is C14H18Cl2N2S. The van der Waals surface area contributed by atoms with E-state index in [-0.39, 0.29) is 5.38 Å². The van der Waals surface area contributed by atoms with E-state index in [0.29, 0.717) is 6.04 Å². The van der Waals surface area contributed by atoms with Crippen molar-refractivity contribution >= 4 is 46.0 Å². The van der Waals surface area contributed by atoms with Gasteiger partial charge < -0.3 is 4.57 Å². The lowest BCUT2D eigenvalue weighted by Gasteiger charge is -2.20. The molecule has 1 aromatic carbocycles. The summed E-state index contributed by atoms with van der Waals surface area (Å²) in [4.78, 5) is 4.67. The fourth-order valence-electron chi connectivity index (χ4n) is 2.32. The Bertz CT molecular complexity index is 566. The molecule has 2 atom stereocenters. The Morgan fingerprint density at radius 1 is 1.42 bits per heavy atom. The number of hydrogen-bond donors (Lipinski definition) is 0. The summed E-state index contributed by atoms with van der Waals surface area (Å²) in [6.45, 7) is 4.16. The number of thioether (sulfide) groups is 1. The molecule has 5 heteroatoms. The molecule has 0 aliphatic heterocycles. The van der Waals surface area contributed by atoms with Gasteiger partial charge >= 0.3 is 0 Å². The van der Waals surface area contributed by atoms with Crippen molar-refractivity contribution in [2.24, 2.45) is 0 Å². The lowest BCUT2D eigenvalue weighted by molar-refractivity contribution is 0.530. The van der Waals surface area contributed by atoms with E-state index in [1.165, 1.54) is 0 Å². The molecule has 2 unspecified atom stereocenters. The first-order chi connectivity index (χ1) is 9.08. The van der Waals surface area contributed by atoms with Gasteiger partial charge in [0.25, 0.3) is 0 Å². The fraction of sp³-hybridized carbons (Fsp3) is 0.500. The lowest BCUT2D eigenvalue weighted by Crippen LogP contribution is -2.14. The highest BCUT2D eigenvalue weighted by molar-refractivity contribution is 7.98. The van der Waals surface area contributed by atoms with Crippen LogP contribution in [0.5, 0.6) is 0 Å². The minimum absolute atomic E-state index is 0.109. The predicted octanol–water partition coefficient (Wildman–Crippen LogP) is 5.30. The lowest BCUT2D eigenvalue weighted by atomic mass is 10.2. The molecule has 0 saturated heterocycles. The largest absolute Gasteiger partial charge is 0.323 e. The number of hydrogen-bond acceptors (Lipinski definition) is 2. The van der Waals surface area contributed by atoms with Crippen molar-refractivity contribution in [2.75, 3.05) is 12.0 Å². The zero-order chi connectivity index (χ0) is 14.0. The summed E-state index contributed by atoms with van der Waals surface area (Å²) >= 11 is 14.3. The average molecular weight is 317 g/mol. The van der Waals surface area contributed by atoms with Gasteiger partial charge in [-0.3, -0.25) is 0 Å². The molecule has 0 fully saturated rings. The second-order valence-corrected chi connectivity index (χ2v) is 6.61. The van der Waals surface area contributed by atoms with Gasteiger partial charge in [-0.1, -0.05) is 18.5 Å². The highest BCUT2D eigenvalue weighted by atomic mass is 35.5. The number of halogens is 2. The average Bonchev–Trinajstić information content (AvgIpc) is 2.74. The van der Waals surface area contributed by atoms with E-state index in [1.807, 2.05) is 36.9 Å². The van der Waals surface area contributed by atoms with Crippen molar-refractivity contribution in [3.63, 3.8) is 0 Å². The second-order valence-electron chi connectivity index (χ2n) is 4.61. The number of fused-ring (bicyclic) bond motifs is 1. The van der Waals surface area contributed by atoms with Gasteiger partial charge in [0.15, 0.2) is 0 Å². The van der Waals surface area contributed by atoms with Crippen LogP contribution in [0, 0.1) is 0 Å². The Labute approximate surface area is 128 Å². The molecule has 2 aromatic rings. The molecule has 0 amide bonds. The third kappa shape index (κ3) is 3.04. The number of benzene rings is 1. The highest BCUT2D eigenvalue weighted by Gasteiger charge is 2.20. The normalized spacial score (nSPS) is 14.8. The number of rotatable bonds is 5. The first kappa shape index (κ1) is 15.0. The van der Waals surface area contributed by atoms with Gasteiger partial charge in [-0.2, -0.15) is 11.8 Å². The molecule has 0 spiro atoms. The number of imidazole rings is 1. The van der Waals surface area contributed by atoms with Gasteiger partial charge in [0.1, 0.15) is 5.82 Å². The Morgan fingerprint density at radius 3 is 2.74 bits per heavy atom. The molecule has 0 aliphatic rings. The van der Waals surface area contributed by atoms with E-state index in [2.05, 4.69) is 22.7 Å². The monoisotopic (exact) mass is 316 g/mol. The van der Waals surface area contributed by atoms with Gasteiger partial charge in [-0.05, 0) is 37.8 Å². The maximum absolute atomic E-state index is 6.30. The smallest absolute Gasteiger partial charge is 0.127 e. The van der Waals surface area contributed by atoms with E-state index < -0.39 is 0 Å². The topological polar surface area (TPSA) is 17.8 Å². The Hall–Kier alpha value is -0.380. The minimum Gasteiger partial charge on any atom is -0.323 e. The van der Waals surface area contributed by atoms with E-state index in [9.17, 15) is 0 Å². The Morgan fingerprint density at radius 2 is 2.16 bits per heavy atom. The molecule has 104 valence electrons. The SMILES string of the molecule is CCC(CSC)n1c(C(C)Cl)nc2ccc(Cl)cc21. The van der Waals surface area contributed by atoms with Crippen LogP contribution >= 0.6 is 35.0 Å². The van der Waals surface area contributed by atoms with Gasteiger partial charge in [-0.15, -0.1) is 11.6 Å². The van der Waals surface area contributed by atoms with Crippen LogP contribution < -0.4 is 0 Å². The predicted molar refractivity (Wildman–Crippen MR) is 86.7 cm³/mol. The van der Waals surface area contributed by atoms with Crippen LogP contribution in [0.25, 0.3) is 11.0 Å². The summed E-state index contributed by atoms with van der Waals surface area (Å²) in [5.74, 6) is 1.98. The van der Waals surface area contributed by atoms with Crippen LogP contribution in [-0.2, 0) is 0 Å². The van der Waals surface area contributed by atoms with Gasteiger partial charge in [-0.25, -0.2) is 4.98 Å². The van der Waals surface area contributed by atoms with Crippen LogP contribution in [0.1, 0.15) is 37.5 Å². The summed E-state index contributed by atoms with van der Waals surface area (Å²) in [5, 5.41) is 0.628. The van der Waals surface area contributed by atoms with Gasteiger partial charge in [0, 0.05) is 16.8 Å². The summed E-state index contributed by atoms with van der Waals surface area (Å²) < 4.78 is 2.26. The summed E-state index contributed by atoms with van der Waals surface area (Å²) in [6.07, 6.45) is 3.17. The molecule has 0 bridgehead atoms. The summed E-state index contributed by atoms with van der Waals surface area (Å²) in [7, 11) is 0. The van der Waals surface area contributed by atoms with E-state index >= 15 is 0 Å². The van der Waals surface area contributed by atoms with Crippen LogP contribution in [0.2, 0.25) is 5.02 Å². The molecule has 1 heterocycles. The third-order valence-corrected chi connectivity index (χ3v) is 4.38. The fourth-order valence-corrected chi connectivity index (χ4v) is 3.41. The minimum atomic E-state index is -0.109. The van der Waals surface area contributed by atoms with Crippen molar-refractivity contribution in [3.05, 3.63) is 29.0 Å². The molecule has 0 radical (unpaired) electrons. The zero-order valence-corrected chi connectivity index (χ0v) is 13.7. The maximum Gasteiger partial charge on any atom is 0.127 e. The van der Waals surface area contributed by atoms with E-state index in [4.69, 9.17) is 23.2 Å². The highest BCUT2D eigenvalue weighted by Crippen LogP contribution is 2.31. The number of aromatic nitrogens is 2. The number of nitrogens with zero attached hydrogens (tertiary/aromatic N) is 2. The molecule has 2 rings (SSSR count). The summed E-state index contributed by atoms with van der Waals surface area (Å²) in [6, 6.07) is 6.22. The molecule has 2 nitrogen and oxygen atoms in total. The van der Waals surface area contributed by atoms with Crippen molar-refractivity contribution in [1.82, 2.24) is 9.55 Å². The zero-order valence-electron chi connectivity index (χ0n) is 11.4. The maximum atomic E-state index is 6.30. The molecule has 1 aromatic heterocycles. The van der Waals surface area contributed by atoms with Crippen LogP contribution in [-0.4, -0.2) is 21.6 Å². The Balaban J connectivity index is 2.65. The number of alkyl halides is 1. The van der Waals surface area contributed by atoms with Gasteiger partial charge in [0.05, 0.1) is 16.4 Å². The van der Waals surface area contributed by atoms with E-state index in [1.54, 1.807) is 0 Å². The first-order valence-corrected chi connectivity index (χ1v) is 8.59. The van der Waals surface area contributed by atoms with Crippen molar-refractivity contribution < 1.29 is 0 Å². The van der Waals surface area contributed by atoms with E-state index in [0.717, 1.165) is 34.1 Å². The molecular weight excluding hydrogens is 299 g/mol. The molecule has 0 saturated carbocycles. The second kappa shape index (κ2) is 6.38.